The van der Waals surface area contributed by atoms with Crippen LogP contribution in [0, 0.1) is 23.7 Å². The summed E-state index contributed by atoms with van der Waals surface area (Å²) in [6.07, 6.45) is 4.08. The number of allylic oxidation sites excluding steroid dienone is 3. The number of rotatable bonds is 6. The van der Waals surface area contributed by atoms with Gasteiger partial charge in [0.1, 0.15) is 11.5 Å². The molecule has 2 amide bonds. The molecule has 0 spiro atoms. The molecule has 190 valence electrons. The molecule has 38 heavy (non-hydrogen) atoms. The van der Waals surface area contributed by atoms with Gasteiger partial charge in [-0.15, -0.1) is 0 Å². The zero-order valence-corrected chi connectivity index (χ0v) is 20.8. The topological polar surface area (TPSA) is 93.1 Å². The number of hydrogen-bond acceptors (Lipinski definition) is 5. The number of methoxy groups -OCH3 is 2. The van der Waals surface area contributed by atoms with Gasteiger partial charge in [0.05, 0.1) is 37.3 Å². The van der Waals surface area contributed by atoms with Crippen LogP contribution >= 0.6 is 0 Å². The Bertz CT molecular complexity index is 1440. The Balaban J connectivity index is 1.46. The van der Waals surface area contributed by atoms with Gasteiger partial charge in [-0.05, 0) is 64.7 Å². The molecule has 4 atom stereocenters. The minimum absolute atomic E-state index is 0.0307. The van der Waals surface area contributed by atoms with Crippen molar-refractivity contribution in [2.75, 3.05) is 19.1 Å². The molecule has 1 heterocycles. The van der Waals surface area contributed by atoms with Crippen molar-refractivity contribution in [2.45, 2.75) is 0 Å². The van der Waals surface area contributed by atoms with Gasteiger partial charge in [0.2, 0.25) is 11.8 Å². The summed E-state index contributed by atoms with van der Waals surface area (Å²) >= 11 is 0. The highest BCUT2D eigenvalue weighted by Crippen LogP contribution is 2.59. The maximum Gasteiger partial charge on any atom is 0.335 e. The zero-order valence-electron chi connectivity index (χ0n) is 20.8. The highest BCUT2D eigenvalue weighted by molar-refractivity contribution is 6.23. The maximum absolute atomic E-state index is 13.7. The Labute approximate surface area is 219 Å². The van der Waals surface area contributed by atoms with E-state index in [4.69, 9.17) is 9.47 Å². The summed E-state index contributed by atoms with van der Waals surface area (Å²) in [6.45, 7) is 0. The SMILES string of the molecule is COc1ccc(C(=C2[C@H]3C=C[C@H]2[C@H]2C(=O)N(c4cccc(C(=O)O)c4)C(=O)[C@H]23)c2ccc(OC)cc2)cc1. The molecule has 7 nitrogen and oxygen atoms in total. The lowest BCUT2D eigenvalue weighted by molar-refractivity contribution is -0.122. The molecule has 0 unspecified atom stereocenters. The average molecular weight is 508 g/mol. The Morgan fingerprint density at radius 3 is 1.68 bits per heavy atom. The lowest BCUT2D eigenvalue weighted by atomic mass is 9.85. The van der Waals surface area contributed by atoms with Crippen molar-refractivity contribution >= 4 is 29.0 Å². The number of nitrogens with zero attached hydrogens (tertiary/aromatic N) is 1. The van der Waals surface area contributed by atoms with Gasteiger partial charge in [-0.25, -0.2) is 9.69 Å². The number of ether oxygens (including phenoxy) is 2. The van der Waals surface area contributed by atoms with Crippen LogP contribution in [0.2, 0.25) is 0 Å². The summed E-state index contributed by atoms with van der Waals surface area (Å²) in [4.78, 5) is 40.2. The van der Waals surface area contributed by atoms with E-state index in [2.05, 4.69) is 0 Å². The molecule has 1 saturated carbocycles. The Morgan fingerprint density at radius 1 is 0.737 bits per heavy atom. The van der Waals surface area contributed by atoms with Crippen molar-refractivity contribution in [3.05, 3.63) is 107 Å². The molecule has 2 aliphatic carbocycles. The summed E-state index contributed by atoms with van der Waals surface area (Å²) in [5.41, 5.74) is 4.31. The number of carbonyl (C=O) groups is 3. The highest BCUT2D eigenvalue weighted by atomic mass is 16.5. The number of carbonyl (C=O) groups excluding carboxylic acids is 2. The Morgan fingerprint density at radius 2 is 1.24 bits per heavy atom. The fourth-order valence-corrected chi connectivity index (χ4v) is 6.14. The first-order valence-electron chi connectivity index (χ1n) is 12.4. The van der Waals surface area contributed by atoms with E-state index in [0.29, 0.717) is 5.69 Å². The maximum atomic E-state index is 13.7. The van der Waals surface area contributed by atoms with Crippen LogP contribution in [0.4, 0.5) is 5.69 Å². The van der Waals surface area contributed by atoms with Crippen LogP contribution in [-0.2, 0) is 9.59 Å². The molecule has 3 aliphatic rings. The standard InChI is InChI=1S/C31H25NO6/c1-37-21-10-6-17(7-11-21)25(18-8-12-22(38-2)13-9-18)26-23-14-15-24(26)28-27(23)29(33)32(30(28)34)20-5-3-4-19(16-20)31(35)36/h3-16,23-24,27-28H,1-2H3,(H,35,36)/t23-,24-,27-,28+/m1/s1. The second-order valence-corrected chi connectivity index (χ2v) is 9.64. The smallest absolute Gasteiger partial charge is 0.335 e. The molecule has 3 aromatic carbocycles. The third kappa shape index (κ3) is 3.54. The van der Waals surface area contributed by atoms with Gasteiger partial charge in [-0.2, -0.15) is 0 Å². The highest BCUT2D eigenvalue weighted by Gasteiger charge is 2.62. The van der Waals surface area contributed by atoms with Crippen LogP contribution in [0.3, 0.4) is 0 Å². The first-order chi connectivity index (χ1) is 18.4. The fourth-order valence-electron chi connectivity index (χ4n) is 6.14. The molecule has 7 heteroatoms. The van der Waals surface area contributed by atoms with E-state index in [1.807, 2.05) is 60.7 Å². The number of aromatic carboxylic acids is 1. The summed E-state index contributed by atoms with van der Waals surface area (Å²) < 4.78 is 10.7. The third-order valence-electron chi connectivity index (χ3n) is 7.81. The Hall–Kier alpha value is -4.65. The largest absolute Gasteiger partial charge is 0.497 e. The van der Waals surface area contributed by atoms with Gasteiger partial charge >= 0.3 is 5.97 Å². The van der Waals surface area contributed by atoms with Crippen LogP contribution in [-0.4, -0.2) is 37.1 Å². The molecular weight excluding hydrogens is 482 g/mol. The van der Waals surface area contributed by atoms with Gasteiger partial charge in [0.15, 0.2) is 0 Å². The predicted molar refractivity (Wildman–Crippen MR) is 141 cm³/mol. The molecule has 3 aromatic rings. The minimum atomic E-state index is -1.11. The lowest BCUT2D eigenvalue weighted by Crippen LogP contribution is -2.33. The summed E-state index contributed by atoms with van der Waals surface area (Å²) in [6, 6.07) is 21.6. The zero-order chi connectivity index (χ0) is 26.6. The number of carboxylic acids is 1. The number of benzene rings is 3. The molecule has 1 N–H and O–H groups in total. The van der Waals surface area contributed by atoms with Crippen molar-refractivity contribution < 1.29 is 29.0 Å². The third-order valence-corrected chi connectivity index (χ3v) is 7.81. The van der Waals surface area contributed by atoms with Crippen molar-refractivity contribution in [3.8, 4) is 11.5 Å². The quantitative estimate of drug-likeness (QED) is 0.380. The molecule has 1 saturated heterocycles. The predicted octanol–water partition coefficient (Wildman–Crippen LogP) is 4.83. The van der Waals surface area contributed by atoms with E-state index in [0.717, 1.165) is 33.8 Å². The van der Waals surface area contributed by atoms with Crippen LogP contribution in [0.1, 0.15) is 21.5 Å². The molecular formula is C31H25NO6. The first-order valence-corrected chi connectivity index (χ1v) is 12.4. The Kier molecular flexibility index (Phi) is 5.64. The average Bonchev–Trinajstić information content (AvgIpc) is 3.58. The molecule has 2 bridgehead atoms. The molecule has 6 rings (SSSR count). The van der Waals surface area contributed by atoms with Gasteiger partial charge in [-0.3, -0.25) is 9.59 Å². The number of imide groups is 1. The van der Waals surface area contributed by atoms with Crippen LogP contribution in [0.25, 0.3) is 5.57 Å². The second kappa shape index (κ2) is 9.03. The second-order valence-electron chi connectivity index (χ2n) is 9.64. The molecule has 2 fully saturated rings. The van der Waals surface area contributed by atoms with Gasteiger partial charge in [0, 0.05) is 11.8 Å². The number of hydrogen-bond donors (Lipinski definition) is 1. The van der Waals surface area contributed by atoms with Crippen LogP contribution in [0.15, 0.2) is 90.5 Å². The normalized spacial score (nSPS) is 23.1. The number of carboxylic acid groups (broad SMARTS) is 1. The summed E-state index contributed by atoms with van der Waals surface area (Å²) in [5, 5.41) is 9.40. The summed E-state index contributed by atoms with van der Waals surface area (Å²) in [5.74, 6) is -1.77. The minimum Gasteiger partial charge on any atom is -0.497 e. The van der Waals surface area contributed by atoms with E-state index in [9.17, 15) is 19.5 Å². The van der Waals surface area contributed by atoms with E-state index < -0.39 is 17.8 Å². The van der Waals surface area contributed by atoms with Crippen molar-refractivity contribution in [3.63, 3.8) is 0 Å². The van der Waals surface area contributed by atoms with E-state index >= 15 is 0 Å². The van der Waals surface area contributed by atoms with E-state index in [1.54, 1.807) is 26.4 Å². The number of amides is 2. The first kappa shape index (κ1) is 23.7. The number of anilines is 1. The van der Waals surface area contributed by atoms with E-state index in [-0.39, 0.29) is 29.2 Å². The fraction of sp³-hybridized carbons (Fsp3) is 0.194. The van der Waals surface area contributed by atoms with E-state index in [1.165, 1.54) is 17.0 Å². The lowest BCUT2D eigenvalue weighted by Gasteiger charge is -2.22. The number of fused-ring (bicyclic) bond motifs is 5. The summed E-state index contributed by atoms with van der Waals surface area (Å²) in [7, 11) is 3.24. The molecule has 0 radical (unpaired) electrons. The monoisotopic (exact) mass is 507 g/mol. The van der Waals surface area contributed by atoms with Crippen LogP contribution < -0.4 is 14.4 Å². The van der Waals surface area contributed by atoms with Gasteiger partial charge in [-0.1, -0.05) is 42.5 Å². The van der Waals surface area contributed by atoms with Crippen molar-refractivity contribution in [1.29, 1.82) is 0 Å². The van der Waals surface area contributed by atoms with Gasteiger partial charge < -0.3 is 14.6 Å². The van der Waals surface area contributed by atoms with Gasteiger partial charge in [0.25, 0.3) is 0 Å². The molecule has 1 aliphatic heterocycles. The van der Waals surface area contributed by atoms with Crippen molar-refractivity contribution in [2.24, 2.45) is 23.7 Å². The van der Waals surface area contributed by atoms with Crippen molar-refractivity contribution in [1.82, 2.24) is 0 Å². The van der Waals surface area contributed by atoms with Crippen LogP contribution in [0.5, 0.6) is 11.5 Å². The molecule has 0 aromatic heterocycles.